The largest absolute Gasteiger partial charge is 0.497 e. The van der Waals surface area contributed by atoms with E-state index in [9.17, 15) is 4.79 Å². The number of nitrogens with zero attached hydrogens (tertiary/aromatic N) is 3. The standard InChI is InChI=1S/C21H23N3O4/c1-3-5-16-12-17(22-27-16)19-6-4-11-24(19)21(25)18-13-20(28-23-18)14-7-9-15(26-2)10-8-14/h7-10,12-13,19H,3-6,11H2,1-2H3/t19-/m0/s1. The van der Waals surface area contributed by atoms with Crippen molar-refractivity contribution < 1.29 is 18.6 Å². The highest BCUT2D eigenvalue weighted by molar-refractivity contribution is 5.93. The molecule has 28 heavy (non-hydrogen) atoms. The van der Waals surface area contributed by atoms with E-state index < -0.39 is 0 Å². The lowest BCUT2D eigenvalue weighted by Gasteiger charge is -2.21. The van der Waals surface area contributed by atoms with Crippen molar-refractivity contribution in [1.29, 1.82) is 0 Å². The number of hydrogen-bond acceptors (Lipinski definition) is 6. The molecule has 3 aromatic rings. The van der Waals surface area contributed by atoms with Crippen LogP contribution in [0.4, 0.5) is 0 Å². The second-order valence-corrected chi connectivity index (χ2v) is 6.93. The van der Waals surface area contributed by atoms with Crippen molar-refractivity contribution in [1.82, 2.24) is 15.2 Å². The van der Waals surface area contributed by atoms with E-state index in [1.165, 1.54) is 0 Å². The molecule has 1 amide bonds. The molecule has 4 rings (SSSR count). The average molecular weight is 381 g/mol. The molecule has 7 heteroatoms. The van der Waals surface area contributed by atoms with Crippen LogP contribution in [0.2, 0.25) is 0 Å². The van der Waals surface area contributed by atoms with E-state index in [4.69, 9.17) is 13.8 Å². The Kier molecular flexibility index (Phi) is 5.14. The Balaban J connectivity index is 1.52. The van der Waals surface area contributed by atoms with E-state index in [-0.39, 0.29) is 11.9 Å². The number of benzene rings is 1. The van der Waals surface area contributed by atoms with Crippen molar-refractivity contribution >= 4 is 5.91 Å². The Morgan fingerprint density at radius 1 is 1.21 bits per heavy atom. The number of aromatic nitrogens is 2. The van der Waals surface area contributed by atoms with Crippen LogP contribution >= 0.6 is 0 Å². The van der Waals surface area contributed by atoms with Gasteiger partial charge in [-0.25, -0.2) is 0 Å². The van der Waals surface area contributed by atoms with Crippen molar-refractivity contribution in [2.75, 3.05) is 13.7 Å². The summed E-state index contributed by atoms with van der Waals surface area (Å²) in [5.41, 5.74) is 1.95. The topological polar surface area (TPSA) is 81.6 Å². The third kappa shape index (κ3) is 3.52. The average Bonchev–Trinajstić information content (AvgIpc) is 3.47. The first-order valence-corrected chi connectivity index (χ1v) is 9.57. The summed E-state index contributed by atoms with van der Waals surface area (Å²) < 4.78 is 16.0. The Bertz CT molecular complexity index is 945. The molecule has 146 valence electrons. The quantitative estimate of drug-likeness (QED) is 0.634. The van der Waals surface area contributed by atoms with Gasteiger partial charge in [-0.2, -0.15) is 0 Å². The molecule has 1 aliphatic rings. The predicted molar refractivity (Wildman–Crippen MR) is 102 cm³/mol. The summed E-state index contributed by atoms with van der Waals surface area (Å²) >= 11 is 0. The van der Waals surface area contributed by atoms with Gasteiger partial charge in [-0.3, -0.25) is 4.79 Å². The molecule has 1 fully saturated rings. The Morgan fingerprint density at radius 2 is 2.04 bits per heavy atom. The normalized spacial score (nSPS) is 16.5. The first kappa shape index (κ1) is 18.3. The van der Waals surface area contributed by atoms with Gasteiger partial charge in [-0.05, 0) is 43.5 Å². The van der Waals surface area contributed by atoms with Crippen LogP contribution < -0.4 is 4.74 Å². The van der Waals surface area contributed by atoms with Gasteiger partial charge in [-0.1, -0.05) is 17.2 Å². The van der Waals surface area contributed by atoms with E-state index in [0.29, 0.717) is 18.0 Å². The third-order valence-corrected chi connectivity index (χ3v) is 5.03. The Hall–Kier alpha value is -3.09. The fourth-order valence-corrected chi connectivity index (χ4v) is 3.58. The highest BCUT2D eigenvalue weighted by Gasteiger charge is 2.34. The lowest BCUT2D eigenvalue weighted by molar-refractivity contribution is 0.0720. The van der Waals surface area contributed by atoms with Gasteiger partial charge in [0.25, 0.3) is 5.91 Å². The van der Waals surface area contributed by atoms with Crippen LogP contribution in [0.3, 0.4) is 0 Å². The van der Waals surface area contributed by atoms with Crippen LogP contribution in [0.5, 0.6) is 5.75 Å². The molecule has 3 heterocycles. The maximum Gasteiger partial charge on any atom is 0.276 e. The second-order valence-electron chi connectivity index (χ2n) is 6.93. The minimum Gasteiger partial charge on any atom is -0.497 e. The van der Waals surface area contributed by atoms with Crippen LogP contribution in [0.1, 0.15) is 54.2 Å². The van der Waals surface area contributed by atoms with Crippen LogP contribution in [-0.4, -0.2) is 34.8 Å². The first-order chi connectivity index (χ1) is 13.7. The molecule has 1 saturated heterocycles. The second kappa shape index (κ2) is 7.88. The number of rotatable bonds is 6. The zero-order valence-corrected chi connectivity index (χ0v) is 16.1. The molecule has 1 aromatic carbocycles. The minimum atomic E-state index is -0.147. The van der Waals surface area contributed by atoms with Crippen LogP contribution in [0.15, 0.2) is 45.4 Å². The van der Waals surface area contributed by atoms with E-state index in [0.717, 1.165) is 48.5 Å². The van der Waals surface area contributed by atoms with E-state index >= 15 is 0 Å². The molecular weight excluding hydrogens is 358 g/mol. The highest BCUT2D eigenvalue weighted by Crippen LogP contribution is 2.33. The monoisotopic (exact) mass is 381 g/mol. The molecule has 0 bridgehead atoms. The molecule has 0 radical (unpaired) electrons. The minimum absolute atomic E-state index is 0.0806. The molecule has 1 aliphatic heterocycles. The van der Waals surface area contributed by atoms with Gasteiger partial charge in [0, 0.05) is 30.7 Å². The van der Waals surface area contributed by atoms with Crippen molar-refractivity contribution in [3.8, 4) is 17.1 Å². The number of aryl methyl sites for hydroxylation is 1. The first-order valence-electron chi connectivity index (χ1n) is 9.57. The molecule has 7 nitrogen and oxygen atoms in total. The number of likely N-dealkylation sites (tertiary alicyclic amines) is 1. The summed E-state index contributed by atoms with van der Waals surface area (Å²) in [7, 11) is 1.62. The third-order valence-electron chi connectivity index (χ3n) is 5.03. The van der Waals surface area contributed by atoms with Gasteiger partial charge >= 0.3 is 0 Å². The summed E-state index contributed by atoms with van der Waals surface area (Å²) in [6, 6.07) is 11.0. The van der Waals surface area contributed by atoms with Gasteiger partial charge in [0.2, 0.25) is 0 Å². The highest BCUT2D eigenvalue weighted by atomic mass is 16.5. The van der Waals surface area contributed by atoms with E-state index in [1.807, 2.05) is 35.2 Å². The van der Waals surface area contributed by atoms with Crippen LogP contribution in [0, 0.1) is 0 Å². The van der Waals surface area contributed by atoms with E-state index in [1.54, 1.807) is 13.2 Å². The molecule has 0 unspecified atom stereocenters. The lowest BCUT2D eigenvalue weighted by atomic mass is 10.1. The van der Waals surface area contributed by atoms with Gasteiger partial charge in [0.15, 0.2) is 11.5 Å². The molecule has 2 aromatic heterocycles. The summed E-state index contributed by atoms with van der Waals surface area (Å²) in [6.45, 7) is 2.77. The van der Waals surface area contributed by atoms with Crippen molar-refractivity contribution in [3.05, 3.63) is 53.5 Å². The molecule has 0 spiro atoms. The van der Waals surface area contributed by atoms with Crippen LogP contribution in [-0.2, 0) is 6.42 Å². The number of amides is 1. The molecular formula is C21H23N3O4. The van der Waals surface area contributed by atoms with Gasteiger partial charge < -0.3 is 18.7 Å². The lowest BCUT2D eigenvalue weighted by Crippen LogP contribution is -2.30. The number of hydrogen-bond donors (Lipinski definition) is 0. The smallest absolute Gasteiger partial charge is 0.276 e. The zero-order chi connectivity index (χ0) is 19.5. The van der Waals surface area contributed by atoms with Gasteiger partial charge in [-0.15, -0.1) is 0 Å². The Morgan fingerprint density at radius 3 is 2.79 bits per heavy atom. The maximum absolute atomic E-state index is 13.0. The molecule has 0 N–H and O–H groups in total. The van der Waals surface area contributed by atoms with Gasteiger partial charge in [0.05, 0.1) is 13.2 Å². The predicted octanol–water partition coefficient (Wildman–Crippen LogP) is 4.27. The fourth-order valence-electron chi connectivity index (χ4n) is 3.58. The Labute approximate surface area is 163 Å². The number of carbonyl (C=O) groups excluding carboxylic acids is 1. The number of ether oxygens (including phenoxy) is 1. The number of methoxy groups -OCH3 is 1. The van der Waals surface area contributed by atoms with Crippen molar-refractivity contribution in [2.45, 2.75) is 38.6 Å². The summed E-state index contributed by atoms with van der Waals surface area (Å²) in [4.78, 5) is 14.8. The maximum atomic E-state index is 13.0. The van der Waals surface area contributed by atoms with Crippen molar-refractivity contribution in [2.24, 2.45) is 0 Å². The summed E-state index contributed by atoms with van der Waals surface area (Å²) in [5.74, 6) is 2.02. The summed E-state index contributed by atoms with van der Waals surface area (Å²) in [5, 5.41) is 8.19. The van der Waals surface area contributed by atoms with E-state index in [2.05, 4.69) is 17.2 Å². The SMILES string of the molecule is CCCc1cc([C@@H]2CCCN2C(=O)c2cc(-c3ccc(OC)cc3)on2)no1. The van der Waals surface area contributed by atoms with Crippen molar-refractivity contribution in [3.63, 3.8) is 0 Å². The molecule has 0 aliphatic carbocycles. The van der Waals surface area contributed by atoms with Crippen LogP contribution in [0.25, 0.3) is 11.3 Å². The fraction of sp³-hybridized carbons (Fsp3) is 0.381. The molecule has 1 atom stereocenters. The zero-order valence-electron chi connectivity index (χ0n) is 16.1. The number of carbonyl (C=O) groups is 1. The summed E-state index contributed by atoms with van der Waals surface area (Å²) in [6.07, 6.45) is 3.64. The molecule has 0 saturated carbocycles. The van der Waals surface area contributed by atoms with Gasteiger partial charge in [0.1, 0.15) is 17.2 Å².